The maximum absolute atomic E-state index is 12.6. The molecule has 2 aromatic rings. The Kier molecular flexibility index (Phi) is 4.73. The Morgan fingerprint density at radius 2 is 1.96 bits per heavy atom. The molecule has 0 unspecified atom stereocenters. The summed E-state index contributed by atoms with van der Waals surface area (Å²) in [6.45, 7) is 2.03. The summed E-state index contributed by atoms with van der Waals surface area (Å²) in [5.41, 5.74) is 2.77. The molecule has 0 aliphatic carbocycles. The third kappa shape index (κ3) is 3.13. The molecule has 1 aromatic carbocycles. The minimum Gasteiger partial charge on any atom is -0.396 e. The molecule has 1 saturated heterocycles. The minimum atomic E-state index is 0.00675. The lowest BCUT2D eigenvalue weighted by Crippen LogP contribution is -2.45. The van der Waals surface area contributed by atoms with Crippen LogP contribution in [0.4, 0.5) is 0 Å². The topological polar surface area (TPSA) is 50.4 Å². The fourth-order valence-corrected chi connectivity index (χ4v) is 3.08. The first-order valence-corrected chi connectivity index (χ1v) is 8.29. The second-order valence-corrected chi connectivity index (χ2v) is 6.00. The Hall–Kier alpha value is -2.19. The molecule has 1 aliphatic rings. The summed E-state index contributed by atoms with van der Waals surface area (Å²) in [5.74, 6) is 6.16. The second-order valence-electron chi connectivity index (χ2n) is 6.00. The van der Waals surface area contributed by atoms with Crippen molar-refractivity contribution in [3.05, 3.63) is 34.2 Å². The fraction of sp³-hybridized carbons (Fsp3) is 0.500. The summed E-state index contributed by atoms with van der Waals surface area (Å²) in [7, 11) is 1.81. The molecule has 0 amide bonds. The standard InChI is InChI=1S/C18H23N3O2/c1-19-17-14-15(8-4-2-7-13-22)9-10-16(17)21(18(19)23)20-11-5-3-6-12-20/h9-10,14,22H,2-3,5-7,11-13H2,1H3. The van der Waals surface area contributed by atoms with Crippen molar-refractivity contribution in [2.45, 2.75) is 32.1 Å². The number of aliphatic hydroxyl groups excluding tert-OH is 1. The average molecular weight is 313 g/mol. The first-order valence-electron chi connectivity index (χ1n) is 8.29. The van der Waals surface area contributed by atoms with Gasteiger partial charge in [-0.05, 0) is 43.9 Å². The number of aryl methyl sites for hydroxylation is 1. The quantitative estimate of drug-likeness (QED) is 0.691. The molecule has 0 spiro atoms. The molecule has 1 fully saturated rings. The van der Waals surface area contributed by atoms with Crippen molar-refractivity contribution < 1.29 is 5.11 Å². The van der Waals surface area contributed by atoms with Gasteiger partial charge in [0, 0.05) is 38.7 Å². The largest absolute Gasteiger partial charge is 0.396 e. The number of nitrogens with zero attached hydrogens (tertiary/aromatic N) is 3. The number of aliphatic hydroxyl groups is 1. The molecule has 1 aromatic heterocycles. The van der Waals surface area contributed by atoms with Crippen molar-refractivity contribution in [1.29, 1.82) is 0 Å². The van der Waals surface area contributed by atoms with Gasteiger partial charge in [0.1, 0.15) is 0 Å². The molecule has 0 radical (unpaired) electrons. The normalized spacial score (nSPS) is 14.8. The van der Waals surface area contributed by atoms with Gasteiger partial charge in [-0.3, -0.25) is 4.57 Å². The maximum Gasteiger partial charge on any atom is 0.347 e. The molecule has 2 heterocycles. The van der Waals surface area contributed by atoms with Gasteiger partial charge in [0.25, 0.3) is 0 Å². The van der Waals surface area contributed by atoms with Crippen LogP contribution in [0.1, 0.15) is 37.7 Å². The molecule has 5 nitrogen and oxygen atoms in total. The smallest absolute Gasteiger partial charge is 0.347 e. The summed E-state index contributed by atoms with van der Waals surface area (Å²) in [5, 5.41) is 10.9. The van der Waals surface area contributed by atoms with Gasteiger partial charge in [0.05, 0.1) is 11.0 Å². The number of rotatable bonds is 3. The molecule has 0 saturated carbocycles. The van der Waals surface area contributed by atoms with E-state index in [-0.39, 0.29) is 12.3 Å². The van der Waals surface area contributed by atoms with E-state index in [1.165, 1.54) is 6.42 Å². The van der Waals surface area contributed by atoms with E-state index in [9.17, 15) is 4.79 Å². The van der Waals surface area contributed by atoms with Gasteiger partial charge in [-0.15, -0.1) is 0 Å². The molecule has 0 atom stereocenters. The zero-order valence-corrected chi connectivity index (χ0v) is 13.6. The van der Waals surface area contributed by atoms with Crippen LogP contribution in [-0.2, 0) is 7.05 Å². The average Bonchev–Trinajstić information content (AvgIpc) is 2.84. The van der Waals surface area contributed by atoms with Gasteiger partial charge < -0.3 is 10.1 Å². The molecule has 3 rings (SSSR count). The first-order chi connectivity index (χ1) is 11.2. The van der Waals surface area contributed by atoms with Gasteiger partial charge in [-0.2, -0.15) is 0 Å². The highest BCUT2D eigenvalue weighted by Crippen LogP contribution is 2.17. The van der Waals surface area contributed by atoms with Crippen LogP contribution in [0.5, 0.6) is 0 Å². The third-order valence-corrected chi connectivity index (χ3v) is 4.34. The second kappa shape index (κ2) is 6.93. The van der Waals surface area contributed by atoms with E-state index in [1.807, 2.05) is 29.9 Å². The molecule has 122 valence electrons. The molecular formula is C18H23N3O2. The van der Waals surface area contributed by atoms with E-state index in [0.29, 0.717) is 12.8 Å². The van der Waals surface area contributed by atoms with E-state index in [0.717, 1.165) is 42.5 Å². The van der Waals surface area contributed by atoms with Gasteiger partial charge in [0.15, 0.2) is 0 Å². The van der Waals surface area contributed by atoms with E-state index >= 15 is 0 Å². The number of hydrogen-bond donors (Lipinski definition) is 1. The number of fused-ring (bicyclic) bond motifs is 1. The third-order valence-electron chi connectivity index (χ3n) is 4.34. The Morgan fingerprint density at radius 3 is 2.70 bits per heavy atom. The lowest BCUT2D eigenvalue weighted by atomic mass is 10.1. The fourth-order valence-electron chi connectivity index (χ4n) is 3.08. The van der Waals surface area contributed by atoms with Crippen molar-refractivity contribution in [2.24, 2.45) is 7.05 Å². The van der Waals surface area contributed by atoms with Crippen LogP contribution in [0, 0.1) is 11.8 Å². The lowest BCUT2D eigenvalue weighted by Gasteiger charge is -2.29. The van der Waals surface area contributed by atoms with Crippen LogP contribution >= 0.6 is 0 Å². The highest BCUT2D eigenvalue weighted by molar-refractivity contribution is 5.78. The van der Waals surface area contributed by atoms with E-state index in [2.05, 4.69) is 16.8 Å². The van der Waals surface area contributed by atoms with E-state index < -0.39 is 0 Å². The summed E-state index contributed by atoms with van der Waals surface area (Å²) >= 11 is 0. The highest BCUT2D eigenvalue weighted by Gasteiger charge is 2.18. The summed E-state index contributed by atoms with van der Waals surface area (Å²) in [4.78, 5) is 12.6. The summed E-state index contributed by atoms with van der Waals surface area (Å²) < 4.78 is 3.51. The number of unbranched alkanes of at least 4 members (excludes halogenated alkanes) is 1. The van der Waals surface area contributed by atoms with Crippen LogP contribution in [0.3, 0.4) is 0 Å². The molecular weight excluding hydrogens is 290 g/mol. The Morgan fingerprint density at radius 1 is 1.17 bits per heavy atom. The van der Waals surface area contributed by atoms with Crippen molar-refractivity contribution in [3.63, 3.8) is 0 Å². The Balaban J connectivity index is 1.98. The molecule has 23 heavy (non-hydrogen) atoms. The van der Waals surface area contributed by atoms with Crippen LogP contribution in [-0.4, -0.2) is 34.0 Å². The monoisotopic (exact) mass is 313 g/mol. The molecule has 0 bridgehead atoms. The number of imidazole rings is 1. The van der Waals surface area contributed by atoms with Crippen LogP contribution in [0.2, 0.25) is 0 Å². The first kappa shape index (κ1) is 15.7. The molecule has 1 N–H and O–H groups in total. The van der Waals surface area contributed by atoms with Crippen molar-refractivity contribution in [2.75, 3.05) is 24.7 Å². The summed E-state index contributed by atoms with van der Waals surface area (Å²) in [6.07, 6.45) is 4.89. The van der Waals surface area contributed by atoms with E-state index in [4.69, 9.17) is 5.11 Å². The SMILES string of the molecule is Cn1c(=O)n(N2CCCCC2)c2ccc(C#CCCCO)cc21. The lowest BCUT2D eigenvalue weighted by molar-refractivity contribution is 0.290. The Labute approximate surface area is 136 Å². The minimum absolute atomic E-state index is 0.00675. The predicted molar refractivity (Wildman–Crippen MR) is 92.2 cm³/mol. The van der Waals surface area contributed by atoms with Crippen molar-refractivity contribution >= 4 is 11.0 Å². The Bertz CT molecular complexity index is 801. The van der Waals surface area contributed by atoms with Crippen molar-refractivity contribution in [1.82, 2.24) is 9.24 Å². The van der Waals surface area contributed by atoms with Gasteiger partial charge >= 0.3 is 5.69 Å². The van der Waals surface area contributed by atoms with Gasteiger partial charge in [-0.1, -0.05) is 11.8 Å². The maximum atomic E-state index is 12.6. The molecule has 1 aliphatic heterocycles. The van der Waals surface area contributed by atoms with Gasteiger partial charge in [-0.25, -0.2) is 9.47 Å². The van der Waals surface area contributed by atoms with E-state index in [1.54, 1.807) is 4.57 Å². The number of benzene rings is 1. The van der Waals surface area contributed by atoms with Crippen molar-refractivity contribution in [3.8, 4) is 11.8 Å². The van der Waals surface area contributed by atoms with Crippen LogP contribution in [0.15, 0.2) is 23.0 Å². The zero-order chi connectivity index (χ0) is 16.2. The van der Waals surface area contributed by atoms with Crippen LogP contribution in [0.25, 0.3) is 11.0 Å². The van der Waals surface area contributed by atoms with Gasteiger partial charge in [0.2, 0.25) is 0 Å². The highest BCUT2D eigenvalue weighted by atomic mass is 16.2. The molecule has 5 heteroatoms. The number of piperidine rings is 1. The number of hydrogen-bond acceptors (Lipinski definition) is 3. The zero-order valence-electron chi connectivity index (χ0n) is 13.6. The number of aromatic nitrogens is 2. The predicted octanol–water partition coefficient (Wildman–Crippen LogP) is 1.59. The van der Waals surface area contributed by atoms with Crippen LogP contribution < -0.4 is 10.7 Å². The summed E-state index contributed by atoms with van der Waals surface area (Å²) in [6, 6.07) is 5.93.